The van der Waals surface area contributed by atoms with Gasteiger partial charge in [-0.3, -0.25) is 0 Å². The van der Waals surface area contributed by atoms with Gasteiger partial charge in [-0.05, 0) is 0 Å². The molecule has 0 aromatic rings. The SMILES string of the molecule is C[Si](C)(Cl)C1=[C]([Ti])CC=C1.Cl.Cl.Cl. The summed E-state index contributed by atoms with van der Waals surface area (Å²) in [6.45, 7) is 4.34. The van der Waals surface area contributed by atoms with Crippen LogP contribution in [0.25, 0.3) is 0 Å². The van der Waals surface area contributed by atoms with Crippen molar-refractivity contribution in [2.75, 3.05) is 0 Å². The first-order chi connectivity index (χ1) is 4.52. The molecule has 0 aliphatic heterocycles. The van der Waals surface area contributed by atoms with Gasteiger partial charge in [0.2, 0.25) is 0 Å². The molecule has 0 saturated carbocycles. The number of hydrogen-bond acceptors (Lipinski definition) is 0. The maximum atomic E-state index is 6.26. The summed E-state index contributed by atoms with van der Waals surface area (Å²) in [7, 11) is -1.52. The summed E-state index contributed by atoms with van der Waals surface area (Å²) in [6, 6.07) is 0. The average molecular weight is 315 g/mol. The van der Waals surface area contributed by atoms with Gasteiger partial charge in [0, 0.05) is 0 Å². The number of halogens is 4. The minimum Gasteiger partial charge on any atom is -0.147 e. The molecule has 0 atom stereocenters. The van der Waals surface area contributed by atoms with Gasteiger partial charge in [0.05, 0.1) is 0 Å². The van der Waals surface area contributed by atoms with Crippen LogP contribution < -0.4 is 0 Å². The molecule has 77 valence electrons. The van der Waals surface area contributed by atoms with Crippen LogP contribution in [0.3, 0.4) is 0 Å². The van der Waals surface area contributed by atoms with Crippen molar-refractivity contribution in [3.8, 4) is 0 Å². The summed E-state index contributed by atoms with van der Waals surface area (Å²) < 4.78 is 1.46. The van der Waals surface area contributed by atoms with Crippen molar-refractivity contribution in [1.82, 2.24) is 0 Å². The van der Waals surface area contributed by atoms with Gasteiger partial charge in [-0.15, -0.1) is 37.2 Å². The molecule has 0 unspecified atom stereocenters. The largest absolute Gasteiger partial charge is 0.147 e. The Bertz CT molecular complexity index is 207. The Morgan fingerprint density at radius 2 is 1.77 bits per heavy atom. The molecule has 1 aliphatic rings. The standard InChI is InChI=1S/C7H10ClSi.3ClH.Ti/c1-9(2,8)7-5-3-4-6-7;;;;/h3,5H,4H2,1-2H3;3*1H;. The number of hydrogen-bond donors (Lipinski definition) is 0. The van der Waals surface area contributed by atoms with Crippen LogP contribution in [0.4, 0.5) is 0 Å². The molecule has 1 rings (SSSR count). The third kappa shape index (κ3) is 5.89. The average Bonchev–Trinajstić information content (AvgIpc) is 2.11. The molecule has 1 aliphatic carbocycles. The van der Waals surface area contributed by atoms with E-state index in [9.17, 15) is 0 Å². The van der Waals surface area contributed by atoms with Crippen LogP contribution in [0.5, 0.6) is 0 Å². The first-order valence-corrected chi connectivity index (χ1v) is 8.12. The third-order valence-electron chi connectivity index (χ3n) is 1.57. The second kappa shape index (κ2) is 7.81. The predicted molar refractivity (Wildman–Crippen MR) is 65.9 cm³/mol. The van der Waals surface area contributed by atoms with E-state index in [0.29, 0.717) is 0 Å². The molecule has 13 heavy (non-hydrogen) atoms. The summed E-state index contributed by atoms with van der Waals surface area (Å²) in [5.74, 6) is 0. The Balaban J connectivity index is -0.000000333. The van der Waals surface area contributed by atoms with E-state index in [1.165, 1.54) is 9.07 Å². The van der Waals surface area contributed by atoms with E-state index >= 15 is 0 Å². The van der Waals surface area contributed by atoms with Crippen molar-refractivity contribution in [2.24, 2.45) is 0 Å². The smallest absolute Gasteiger partial charge is 0.147 e. The van der Waals surface area contributed by atoms with Crippen LogP contribution in [-0.4, -0.2) is 7.38 Å². The van der Waals surface area contributed by atoms with Crippen molar-refractivity contribution < 1.29 is 20.4 Å². The molecule has 0 aromatic heterocycles. The van der Waals surface area contributed by atoms with Gasteiger partial charge in [-0.2, -0.15) is 0 Å². The molecule has 0 aromatic carbocycles. The molecule has 6 heteroatoms. The third-order valence-corrected chi connectivity index (χ3v) is 5.06. The van der Waals surface area contributed by atoms with E-state index in [-0.39, 0.29) is 37.2 Å². The monoisotopic (exact) mass is 313 g/mol. The van der Waals surface area contributed by atoms with Gasteiger partial charge in [0.25, 0.3) is 0 Å². The Morgan fingerprint density at radius 3 is 1.92 bits per heavy atom. The molecule has 0 bridgehead atoms. The number of rotatable bonds is 1. The second-order valence-electron chi connectivity index (χ2n) is 2.97. The van der Waals surface area contributed by atoms with Gasteiger partial charge < -0.3 is 0 Å². The van der Waals surface area contributed by atoms with E-state index in [2.05, 4.69) is 45.7 Å². The molecule has 0 N–H and O–H groups in total. The predicted octanol–water partition coefficient (Wildman–Crippen LogP) is 4.00. The topological polar surface area (TPSA) is 0 Å². The normalized spacial score (nSPS) is 14.3. The van der Waals surface area contributed by atoms with Gasteiger partial charge in [-0.1, -0.05) is 0 Å². The fraction of sp³-hybridized carbons (Fsp3) is 0.429. The first-order valence-electron chi connectivity index (χ1n) is 3.32. The minimum absolute atomic E-state index is 0. The summed E-state index contributed by atoms with van der Waals surface area (Å²) in [6.07, 6.45) is 5.49. The van der Waals surface area contributed by atoms with E-state index in [0.717, 1.165) is 6.42 Å². The van der Waals surface area contributed by atoms with E-state index < -0.39 is 7.38 Å². The summed E-state index contributed by atoms with van der Waals surface area (Å²) in [5, 5.41) is 1.43. The fourth-order valence-corrected chi connectivity index (χ4v) is 5.08. The molecule has 0 nitrogen and oxygen atoms in total. The Labute approximate surface area is 116 Å². The minimum atomic E-state index is -1.52. The van der Waals surface area contributed by atoms with Gasteiger partial charge in [-0.25, -0.2) is 0 Å². The van der Waals surface area contributed by atoms with Crippen molar-refractivity contribution in [2.45, 2.75) is 19.5 Å². The van der Waals surface area contributed by atoms with Gasteiger partial charge in [0.15, 0.2) is 0 Å². The molecular weight excluding hydrogens is 302 g/mol. The van der Waals surface area contributed by atoms with Crippen molar-refractivity contribution in [1.29, 1.82) is 0 Å². The molecular formula is C7H13Cl4SiTi. The zero-order chi connectivity index (χ0) is 7.78. The maximum absolute atomic E-state index is 6.26. The second-order valence-corrected chi connectivity index (χ2v) is 10.2. The first kappa shape index (κ1) is 20.0. The van der Waals surface area contributed by atoms with Crippen LogP contribution in [0.15, 0.2) is 21.2 Å². The molecule has 0 fully saturated rings. The zero-order valence-electron chi connectivity index (χ0n) is 7.46. The zero-order valence-corrected chi connectivity index (χ0v) is 13.2. The van der Waals surface area contributed by atoms with E-state index in [1.54, 1.807) is 0 Å². The molecule has 0 spiro atoms. The summed E-state index contributed by atoms with van der Waals surface area (Å²) in [5.41, 5.74) is 0. The molecule has 0 radical (unpaired) electrons. The van der Waals surface area contributed by atoms with Gasteiger partial charge >= 0.3 is 79.6 Å². The van der Waals surface area contributed by atoms with E-state index in [1.807, 2.05) is 0 Å². The molecule has 0 amide bonds. The van der Waals surface area contributed by atoms with Crippen LogP contribution in [0, 0.1) is 0 Å². The van der Waals surface area contributed by atoms with Crippen molar-refractivity contribution >= 4 is 55.7 Å². The summed E-state index contributed by atoms with van der Waals surface area (Å²) in [4.78, 5) is 0. The van der Waals surface area contributed by atoms with Crippen LogP contribution >= 0.6 is 48.3 Å². The van der Waals surface area contributed by atoms with Crippen molar-refractivity contribution in [3.05, 3.63) is 21.2 Å². The quantitative estimate of drug-likeness (QED) is 0.507. The molecule has 0 heterocycles. The maximum Gasteiger partial charge on any atom is -0.147 e. The van der Waals surface area contributed by atoms with Gasteiger partial charge in [0.1, 0.15) is 0 Å². The fourth-order valence-electron chi connectivity index (χ4n) is 1.06. The Morgan fingerprint density at radius 1 is 1.31 bits per heavy atom. The van der Waals surface area contributed by atoms with Crippen LogP contribution in [-0.2, 0) is 20.4 Å². The van der Waals surface area contributed by atoms with Crippen LogP contribution in [0.2, 0.25) is 13.1 Å². The molecule has 0 saturated heterocycles. The Kier molecular flexibility index (Phi) is 12.0. The summed E-state index contributed by atoms with van der Waals surface area (Å²) >= 11 is 8.44. The number of allylic oxidation sites excluding steroid dienone is 4. The van der Waals surface area contributed by atoms with Crippen LogP contribution in [0.1, 0.15) is 6.42 Å². The Hall–Kier alpha value is 1.57. The van der Waals surface area contributed by atoms with Crippen molar-refractivity contribution in [3.63, 3.8) is 0 Å². The van der Waals surface area contributed by atoms with E-state index in [4.69, 9.17) is 11.1 Å².